The number of carbonyl (C=O) groups excluding carboxylic acids is 1. The van der Waals surface area contributed by atoms with Crippen molar-refractivity contribution in [1.29, 1.82) is 0 Å². The van der Waals surface area contributed by atoms with Crippen LogP contribution in [0.15, 0.2) is 24.3 Å². The second kappa shape index (κ2) is 5.12. The van der Waals surface area contributed by atoms with Crippen LogP contribution in [0.4, 0.5) is 5.69 Å². The van der Waals surface area contributed by atoms with E-state index in [1.54, 1.807) is 0 Å². The third-order valence-corrected chi connectivity index (χ3v) is 3.02. The van der Waals surface area contributed by atoms with Gasteiger partial charge in [0, 0.05) is 18.7 Å². The van der Waals surface area contributed by atoms with Crippen molar-refractivity contribution in [2.75, 3.05) is 18.0 Å². The molecule has 0 spiro atoms. The highest BCUT2D eigenvalue weighted by atomic mass is 16.2. The average molecular weight is 218 g/mol. The summed E-state index contributed by atoms with van der Waals surface area (Å²) in [5.74, 6) is 0.246. The summed E-state index contributed by atoms with van der Waals surface area (Å²) in [6, 6.07) is 8.07. The van der Waals surface area contributed by atoms with Gasteiger partial charge >= 0.3 is 0 Å². The van der Waals surface area contributed by atoms with Gasteiger partial charge in [-0.2, -0.15) is 0 Å². The first kappa shape index (κ1) is 11.1. The van der Waals surface area contributed by atoms with Crippen molar-refractivity contribution in [2.45, 2.75) is 25.7 Å². The van der Waals surface area contributed by atoms with Crippen LogP contribution < -0.4 is 10.6 Å². The molecule has 16 heavy (non-hydrogen) atoms. The van der Waals surface area contributed by atoms with Gasteiger partial charge in [-0.3, -0.25) is 4.79 Å². The second-order valence-electron chi connectivity index (χ2n) is 4.17. The lowest BCUT2D eigenvalue weighted by Gasteiger charge is -2.28. The van der Waals surface area contributed by atoms with Crippen LogP contribution in [0.5, 0.6) is 0 Å². The quantitative estimate of drug-likeness (QED) is 0.839. The number of piperidine rings is 1. The summed E-state index contributed by atoms with van der Waals surface area (Å²) in [5.41, 5.74) is 7.82. The van der Waals surface area contributed by atoms with Crippen molar-refractivity contribution >= 4 is 11.6 Å². The largest absolute Gasteiger partial charge is 0.330 e. The Hall–Kier alpha value is -1.35. The maximum Gasteiger partial charge on any atom is 0.226 e. The van der Waals surface area contributed by atoms with Gasteiger partial charge in [-0.1, -0.05) is 18.2 Å². The van der Waals surface area contributed by atoms with Crippen LogP contribution in [0.25, 0.3) is 0 Å². The fourth-order valence-electron chi connectivity index (χ4n) is 2.20. The van der Waals surface area contributed by atoms with E-state index in [4.69, 9.17) is 5.73 Å². The summed E-state index contributed by atoms with van der Waals surface area (Å²) in [6.07, 6.45) is 3.63. The minimum atomic E-state index is 0.246. The van der Waals surface area contributed by atoms with Gasteiger partial charge in [0.15, 0.2) is 0 Å². The average Bonchev–Trinajstić information content (AvgIpc) is 2.31. The number of carbonyl (C=O) groups is 1. The fourth-order valence-corrected chi connectivity index (χ4v) is 2.20. The van der Waals surface area contributed by atoms with Crippen LogP contribution in [0.2, 0.25) is 0 Å². The molecule has 2 rings (SSSR count). The molecule has 0 unspecified atom stereocenters. The molecule has 1 heterocycles. The molecule has 2 N–H and O–H groups in total. The first-order valence-electron chi connectivity index (χ1n) is 5.91. The molecule has 1 aromatic rings. The van der Waals surface area contributed by atoms with Crippen LogP contribution in [-0.2, 0) is 11.2 Å². The molecule has 0 saturated carbocycles. The second-order valence-corrected chi connectivity index (χ2v) is 4.17. The topological polar surface area (TPSA) is 46.3 Å². The van der Waals surface area contributed by atoms with E-state index in [0.29, 0.717) is 13.0 Å². The van der Waals surface area contributed by atoms with Crippen molar-refractivity contribution in [3.8, 4) is 0 Å². The lowest BCUT2D eigenvalue weighted by atomic mass is 10.0. The first-order valence-corrected chi connectivity index (χ1v) is 5.91. The SMILES string of the molecule is NCCc1ccccc1N1CCCCC1=O. The van der Waals surface area contributed by atoms with Crippen LogP contribution in [0.1, 0.15) is 24.8 Å². The molecule has 1 aromatic carbocycles. The van der Waals surface area contributed by atoms with Crippen LogP contribution >= 0.6 is 0 Å². The lowest BCUT2D eigenvalue weighted by molar-refractivity contribution is -0.119. The summed E-state index contributed by atoms with van der Waals surface area (Å²) in [4.78, 5) is 13.8. The fraction of sp³-hybridized carbons (Fsp3) is 0.462. The van der Waals surface area contributed by atoms with E-state index in [2.05, 4.69) is 6.07 Å². The molecule has 3 heteroatoms. The Kier molecular flexibility index (Phi) is 3.57. The molecule has 0 aromatic heterocycles. The minimum Gasteiger partial charge on any atom is -0.330 e. The number of para-hydroxylation sites is 1. The van der Waals surface area contributed by atoms with Gasteiger partial charge < -0.3 is 10.6 Å². The third-order valence-electron chi connectivity index (χ3n) is 3.02. The van der Waals surface area contributed by atoms with Crippen LogP contribution in [0.3, 0.4) is 0 Å². The molecule has 86 valence electrons. The monoisotopic (exact) mass is 218 g/mol. The van der Waals surface area contributed by atoms with Gasteiger partial charge in [0.2, 0.25) is 5.91 Å². The van der Waals surface area contributed by atoms with Crippen molar-refractivity contribution < 1.29 is 4.79 Å². The summed E-state index contributed by atoms with van der Waals surface area (Å²) in [7, 11) is 0. The van der Waals surface area contributed by atoms with E-state index in [9.17, 15) is 4.79 Å². The van der Waals surface area contributed by atoms with E-state index < -0.39 is 0 Å². The van der Waals surface area contributed by atoms with Crippen LogP contribution in [0, 0.1) is 0 Å². The number of anilines is 1. The molecule has 0 atom stereocenters. The number of benzene rings is 1. The zero-order valence-electron chi connectivity index (χ0n) is 9.48. The molecule has 1 aliphatic rings. The van der Waals surface area contributed by atoms with Gasteiger partial charge in [0.25, 0.3) is 0 Å². The van der Waals surface area contributed by atoms with Crippen molar-refractivity contribution in [3.63, 3.8) is 0 Å². The zero-order chi connectivity index (χ0) is 11.4. The maximum absolute atomic E-state index is 11.8. The standard InChI is InChI=1S/C13H18N2O/c14-9-8-11-5-1-2-6-12(11)15-10-4-3-7-13(15)16/h1-2,5-6H,3-4,7-10,14H2. The van der Waals surface area contributed by atoms with E-state index >= 15 is 0 Å². The predicted octanol–water partition coefficient (Wildman–Crippen LogP) is 1.70. The summed E-state index contributed by atoms with van der Waals surface area (Å²) < 4.78 is 0. The van der Waals surface area contributed by atoms with Gasteiger partial charge in [-0.25, -0.2) is 0 Å². The van der Waals surface area contributed by atoms with Crippen molar-refractivity contribution in [2.24, 2.45) is 5.73 Å². The number of nitrogens with zero attached hydrogens (tertiary/aromatic N) is 1. The molecule has 1 fully saturated rings. The van der Waals surface area contributed by atoms with Gasteiger partial charge in [-0.05, 0) is 37.4 Å². The molecule has 1 aliphatic heterocycles. The van der Waals surface area contributed by atoms with Gasteiger partial charge in [0.1, 0.15) is 0 Å². The summed E-state index contributed by atoms with van der Waals surface area (Å²) >= 11 is 0. The smallest absolute Gasteiger partial charge is 0.226 e. The number of rotatable bonds is 3. The number of hydrogen-bond donors (Lipinski definition) is 1. The predicted molar refractivity (Wildman–Crippen MR) is 65.4 cm³/mol. The highest BCUT2D eigenvalue weighted by Crippen LogP contribution is 2.24. The molecule has 0 bridgehead atoms. The molecular formula is C13H18N2O. The van der Waals surface area contributed by atoms with Crippen molar-refractivity contribution in [3.05, 3.63) is 29.8 Å². The first-order chi connectivity index (χ1) is 7.83. The molecule has 3 nitrogen and oxygen atoms in total. The molecule has 0 radical (unpaired) electrons. The summed E-state index contributed by atoms with van der Waals surface area (Å²) in [6.45, 7) is 1.47. The highest BCUT2D eigenvalue weighted by molar-refractivity contribution is 5.94. The Morgan fingerprint density at radius 1 is 1.25 bits per heavy atom. The Bertz CT molecular complexity index is 376. The van der Waals surface area contributed by atoms with E-state index in [1.807, 2.05) is 23.1 Å². The summed E-state index contributed by atoms with van der Waals surface area (Å²) in [5, 5.41) is 0. The Balaban J connectivity index is 2.27. The van der Waals surface area contributed by atoms with E-state index in [1.165, 1.54) is 5.56 Å². The zero-order valence-corrected chi connectivity index (χ0v) is 9.48. The molecule has 0 aliphatic carbocycles. The molecular weight excluding hydrogens is 200 g/mol. The minimum absolute atomic E-state index is 0.246. The number of amides is 1. The normalized spacial score (nSPS) is 16.6. The molecule has 1 saturated heterocycles. The van der Waals surface area contributed by atoms with E-state index in [0.717, 1.165) is 31.5 Å². The van der Waals surface area contributed by atoms with Gasteiger partial charge in [0.05, 0.1) is 0 Å². The van der Waals surface area contributed by atoms with E-state index in [-0.39, 0.29) is 5.91 Å². The Labute approximate surface area is 96.2 Å². The number of hydrogen-bond acceptors (Lipinski definition) is 2. The highest BCUT2D eigenvalue weighted by Gasteiger charge is 2.21. The molecule has 1 amide bonds. The number of nitrogens with two attached hydrogens (primary N) is 1. The van der Waals surface area contributed by atoms with Gasteiger partial charge in [-0.15, -0.1) is 0 Å². The third kappa shape index (κ3) is 2.25. The van der Waals surface area contributed by atoms with Crippen molar-refractivity contribution in [1.82, 2.24) is 0 Å². The Morgan fingerprint density at radius 2 is 2.06 bits per heavy atom. The lowest BCUT2D eigenvalue weighted by Crippen LogP contribution is -2.36. The Morgan fingerprint density at radius 3 is 2.81 bits per heavy atom. The van der Waals surface area contributed by atoms with Crippen LogP contribution in [-0.4, -0.2) is 19.0 Å². The maximum atomic E-state index is 11.8.